The van der Waals surface area contributed by atoms with Crippen LogP contribution in [0, 0.1) is 20.8 Å². The number of hydrogen-bond acceptors (Lipinski definition) is 5. The molecule has 208 valence electrons. The first-order valence-corrected chi connectivity index (χ1v) is 14.5. The quantitative estimate of drug-likeness (QED) is 0.355. The van der Waals surface area contributed by atoms with E-state index in [9.17, 15) is 14.4 Å². The van der Waals surface area contributed by atoms with E-state index in [1.54, 1.807) is 37.4 Å². The first kappa shape index (κ1) is 31.2. The number of benzene rings is 2. The van der Waals surface area contributed by atoms with Gasteiger partial charge in [-0.05, 0) is 83.1 Å². The molecule has 2 rings (SSSR count). The van der Waals surface area contributed by atoms with Gasteiger partial charge in [0.2, 0.25) is 5.91 Å². The molecule has 0 spiro atoms. The number of rotatable bonds is 11. The summed E-state index contributed by atoms with van der Waals surface area (Å²) in [5, 5.41) is 5.86. The van der Waals surface area contributed by atoms with Crippen molar-refractivity contribution in [1.29, 1.82) is 0 Å². The highest BCUT2D eigenvalue weighted by molar-refractivity contribution is 7.98. The van der Waals surface area contributed by atoms with E-state index in [-0.39, 0.29) is 11.8 Å². The number of nitrogens with zero attached hydrogens (tertiary/aromatic N) is 1. The second kappa shape index (κ2) is 14.2. The molecular weight excluding hydrogens is 498 g/mol. The molecule has 2 aromatic carbocycles. The topological polar surface area (TPSA) is 87.7 Å². The molecule has 0 aliphatic carbocycles. The van der Waals surface area contributed by atoms with Crippen molar-refractivity contribution in [2.75, 3.05) is 23.9 Å². The van der Waals surface area contributed by atoms with Gasteiger partial charge in [0.1, 0.15) is 17.7 Å². The zero-order valence-electron chi connectivity index (χ0n) is 24.0. The number of nitrogens with one attached hydrogen (secondary N) is 2. The number of carbonyl (C=O) groups is 3. The average Bonchev–Trinajstić information content (AvgIpc) is 2.83. The van der Waals surface area contributed by atoms with Crippen LogP contribution in [0.4, 0.5) is 10.5 Å². The van der Waals surface area contributed by atoms with Crippen molar-refractivity contribution < 1.29 is 19.1 Å². The molecule has 0 fully saturated rings. The van der Waals surface area contributed by atoms with E-state index >= 15 is 0 Å². The summed E-state index contributed by atoms with van der Waals surface area (Å²) in [7, 11) is 0. The third kappa shape index (κ3) is 9.08. The van der Waals surface area contributed by atoms with Crippen LogP contribution in [0.2, 0.25) is 0 Å². The van der Waals surface area contributed by atoms with E-state index in [4.69, 9.17) is 4.74 Å². The molecule has 2 unspecified atom stereocenters. The van der Waals surface area contributed by atoms with E-state index in [2.05, 4.69) is 10.6 Å². The van der Waals surface area contributed by atoms with Crippen LogP contribution in [0.15, 0.2) is 42.5 Å². The Morgan fingerprint density at radius 1 is 1.00 bits per heavy atom. The molecule has 2 N–H and O–H groups in total. The van der Waals surface area contributed by atoms with Crippen molar-refractivity contribution in [3.8, 4) is 0 Å². The maximum absolute atomic E-state index is 14.1. The number of amides is 3. The lowest BCUT2D eigenvalue weighted by molar-refractivity contribution is -0.140. The first-order valence-electron chi connectivity index (χ1n) is 13.1. The van der Waals surface area contributed by atoms with Gasteiger partial charge in [-0.3, -0.25) is 9.59 Å². The van der Waals surface area contributed by atoms with E-state index in [0.29, 0.717) is 30.7 Å². The minimum absolute atomic E-state index is 0.297. The maximum Gasteiger partial charge on any atom is 0.408 e. The molecule has 3 amide bonds. The van der Waals surface area contributed by atoms with Gasteiger partial charge in [0.15, 0.2) is 0 Å². The summed E-state index contributed by atoms with van der Waals surface area (Å²) in [6.45, 7) is 13.5. The van der Waals surface area contributed by atoms with Crippen LogP contribution in [0.1, 0.15) is 68.8 Å². The standard InChI is InChI=1S/C30H43N3O4S/c1-9-18-33(28(35)24(17-19-38-8)31-29(36)37-30(5,6)7)26(23-15-13-20(2)14-16-23)27(34)32-25-21(3)11-10-12-22(25)4/h10-16,24,26H,9,17-19H2,1-8H3,(H,31,36)(H,32,34). The van der Waals surface area contributed by atoms with Crippen LogP contribution in [0.25, 0.3) is 0 Å². The molecule has 7 nitrogen and oxygen atoms in total. The number of hydrogen-bond donors (Lipinski definition) is 2. The van der Waals surface area contributed by atoms with Crippen LogP contribution in [0.3, 0.4) is 0 Å². The summed E-state index contributed by atoms with van der Waals surface area (Å²) >= 11 is 1.59. The minimum Gasteiger partial charge on any atom is -0.444 e. The Labute approximate surface area is 232 Å². The second-order valence-electron chi connectivity index (χ2n) is 10.6. The summed E-state index contributed by atoms with van der Waals surface area (Å²) in [6.07, 6.45) is 2.36. The highest BCUT2D eigenvalue weighted by atomic mass is 32.2. The molecule has 38 heavy (non-hydrogen) atoms. The maximum atomic E-state index is 14.1. The Bertz CT molecular complexity index is 1080. The molecular formula is C30H43N3O4S. The molecule has 0 aromatic heterocycles. The first-order chi connectivity index (χ1) is 17.9. The Morgan fingerprint density at radius 3 is 2.13 bits per heavy atom. The molecule has 0 heterocycles. The summed E-state index contributed by atoms with van der Waals surface area (Å²) in [6, 6.07) is 11.8. The fourth-order valence-corrected chi connectivity index (χ4v) is 4.65. The van der Waals surface area contributed by atoms with Gasteiger partial charge in [-0.25, -0.2) is 4.79 Å². The summed E-state index contributed by atoms with van der Waals surface area (Å²) in [5.74, 6) is 0.0543. The Hall–Kier alpha value is -3.00. The number of anilines is 1. The third-order valence-corrected chi connectivity index (χ3v) is 6.67. The second-order valence-corrected chi connectivity index (χ2v) is 11.6. The predicted molar refractivity (Wildman–Crippen MR) is 157 cm³/mol. The Balaban J connectivity index is 2.51. The van der Waals surface area contributed by atoms with Gasteiger partial charge < -0.3 is 20.3 Å². The van der Waals surface area contributed by atoms with Crippen molar-refractivity contribution in [2.24, 2.45) is 0 Å². The fourth-order valence-electron chi connectivity index (χ4n) is 4.18. The molecule has 8 heteroatoms. The average molecular weight is 542 g/mol. The molecule has 0 aliphatic rings. The Morgan fingerprint density at radius 2 is 1.61 bits per heavy atom. The number of ether oxygens (including phenoxy) is 1. The summed E-state index contributed by atoms with van der Waals surface area (Å²) in [5.41, 5.74) is 3.69. The van der Waals surface area contributed by atoms with E-state index in [1.165, 1.54) is 0 Å². The number of thioether (sulfide) groups is 1. The highest BCUT2D eigenvalue weighted by Crippen LogP contribution is 2.28. The van der Waals surface area contributed by atoms with E-state index < -0.39 is 23.8 Å². The van der Waals surface area contributed by atoms with Crippen molar-refractivity contribution in [3.05, 3.63) is 64.7 Å². The van der Waals surface area contributed by atoms with Gasteiger partial charge >= 0.3 is 6.09 Å². The van der Waals surface area contributed by atoms with Crippen LogP contribution >= 0.6 is 11.8 Å². The smallest absolute Gasteiger partial charge is 0.408 e. The molecule has 0 saturated heterocycles. The van der Waals surface area contributed by atoms with E-state index in [1.807, 2.05) is 76.4 Å². The molecule has 0 bridgehead atoms. The highest BCUT2D eigenvalue weighted by Gasteiger charge is 2.36. The monoisotopic (exact) mass is 541 g/mol. The lowest BCUT2D eigenvalue weighted by Gasteiger charge is -2.34. The van der Waals surface area contributed by atoms with Gasteiger partial charge in [0, 0.05) is 12.2 Å². The summed E-state index contributed by atoms with van der Waals surface area (Å²) < 4.78 is 5.44. The van der Waals surface area contributed by atoms with Crippen molar-refractivity contribution in [3.63, 3.8) is 0 Å². The van der Waals surface area contributed by atoms with Crippen LogP contribution in [-0.2, 0) is 14.3 Å². The van der Waals surface area contributed by atoms with Crippen molar-refractivity contribution in [2.45, 2.75) is 79.0 Å². The van der Waals surface area contributed by atoms with Gasteiger partial charge in [-0.15, -0.1) is 0 Å². The number of para-hydroxylation sites is 1. The third-order valence-electron chi connectivity index (χ3n) is 6.03. The minimum atomic E-state index is -0.876. The van der Waals surface area contributed by atoms with Gasteiger partial charge in [-0.1, -0.05) is 55.0 Å². The SMILES string of the molecule is CCCN(C(=O)C(CCSC)NC(=O)OC(C)(C)C)C(C(=O)Nc1c(C)cccc1C)c1ccc(C)cc1. The largest absolute Gasteiger partial charge is 0.444 e. The van der Waals surface area contributed by atoms with Crippen LogP contribution < -0.4 is 10.6 Å². The van der Waals surface area contributed by atoms with E-state index in [0.717, 1.165) is 22.4 Å². The zero-order chi connectivity index (χ0) is 28.5. The Kier molecular flexibility index (Phi) is 11.7. The van der Waals surface area contributed by atoms with Crippen LogP contribution in [-0.4, -0.2) is 53.0 Å². The normalized spacial score (nSPS) is 12.8. The molecule has 0 radical (unpaired) electrons. The molecule has 2 aromatic rings. The van der Waals surface area contributed by atoms with Gasteiger partial charge in [0.05, 0.1) is 0 Å². The number of aryl methyl sites for hydroxylation is 3. The number of carbonyl (C=O) groups excluding carboxylic acids is 3. The summed E-state index contributed by atoms with van der Waals surface area (Å²) in [4.78, 5) is 42.3. The molecule has 2 atom stereocenters. The molecule has 0 aliphatic heterocycles. The van der Waals surface area contributed by atoms with Crippen molar-refractivity contribution >= 4 is 35.4 Å². The lowest BCUT2D eigenvalue weighted by Crippen LogP contribution is -2.52. The lowest BCUT2D eigenvalue weighted by atomic mass is 10.00. The fraction of sp³-hybridized carbons (Fsp3) is 0.500. The number of alkyl carbamates (subject to hydrolysis) is 1. The van der Waals surface area contributed by atoms with Gasteiger partial charge in [-0.2, -0.15) is 11.8 Å². The predicted octanol–water partition coefficient (Wildman–Crippen LogP) is 6.18. The zero-order valence-corrected chi connectivity index (χ0v) is 24.8. The van der Waals surface area contributed by atoms with Crippen LogP contribution in [0.5, 0.6) is 0 Å². The van der Waals surface area contributed by atoms with Gasteiger partial charge in [0.25, 0.3) is 5.91 Å². The van der Waals surface area contributed by atoms with Crippen molar-refractivity contribution in [1.82, 2.24) is 10.2 Å². The molecule has 0 saturated carbocycles.